The molecule has 26 heavy (non-hydrogen) atoms. The number of hydrogen-bond acceptors (Lipinski definition) is 6. The molecule has 0 heterocycles. The number of carbonyl (C=O) groups is 1. The Morgan fingerprint density at radius 2 is 1.15 bits per heavy atom. The van der Waals surface area contributed by atoms with Gasteiger partial charge in [0.2, 0.25) is 0 Å². The molecule has 0 aromatic heterocycles. The molecule has 0 aliphatic rings. The Hall–Kier alpha value is -2.09. The summed E-state index contributed by atoms with van der Waals surface area (Å²) < 4.78 is 0. The molecule has 0 aliphatic carbocycles. The van der Waals surface area contributed by atoms with E-state index < -0.39 is 31.0 Å². The number of rotatable bonds is 8. The van der Waals surface area contributed by atoms with Gasteiger partial charge in [-0.1, -0.05) is 60.7 Å². The zero-order chi connectivity index (χ0) is 19.4. The van der Waals surface area contributed by atoms with Crippen molar-refractivity contribution in [1.82, 2.24) is 0 Å². The van der Waals surface area contributed by atoms with Gasteiger partial charge in [-0.25, -0.2) is 0 Å². The van der Waals surface area contributed by atoms with Crippen molar-refractivity contribution in [2.75, 3.05) is 6.61 Å². The number of benzene rings is 2. The highest BCUT2D eigenvalue weighted by Gasteiger charge is 2.29. The topological polar surface area (TPSA) is 118 Å². The van der Waals surface area contributed by atoms with Gasteiger partial charge in [0.15, 0.2) is 6.29 Å². The van der Waals surface area contributed by atoms with Crippen molar-refractivity contribution in [3.63, 3.8) is 0 Å². The van der Waals surface area contributed by atoms with E-state index in [-0.39, 0.29) is 6.29 Å². The third-order valence-electron chi connectivity index (χ3n) is 3.81. The molecule has 0 amide bonds. The number of aldehydes is 1. The fourth-order valence-corrected chi connectivity index (χ4v) is 2.20. The standard InChI is InChI=1S/C14H14.C6H12O6/c1-3-7-13(8-4-1)11-12-14-9-5-2-6-10-14;7-1-3(9)5(11)6(12)4(10)2-8/h1-10H,11-12H2;1,3-6,8-12H,2H2. The first kappa shape index (κ1) is 22.0. The average molecular weight is 362 g/mol. The molecule has 0 radical (unpaired) electrons. The van der Waals surface area contributed by atoms with Crippen molar-refractivity contribution >= 4 is 6.29 Å². The minimum atomic E-state index is -1.79. The van der Waals surface area contributed by atoms with Crippen LogP contribution in [0.1, 0.15) is 11.1 Å². The van der Waals surface area contributed by atoms with E-state index in [0.717, 1.165) is 12.8 Å². The normalized spacial score (nSPS) is 15.1. The first-order valence-corrected chi connectivity index (χ1v) is 8.35. The first-order chi connectivity index (χ1) is 12.5. The Labute approximate surface area is 153 Å². The van der Waals surface area contributed by atoms with Crippen LogP contribution in [-0.2, 0) is 17.6 Å². The summed E-state index contributed by atoms with van der Waals surface area (Å²) in [4.78, 5) is 9.90. The van der Waals surface area contributed by atoms with Crippen LogP contribution in [0.5, 0.6) is 0 Å². The molecule has 4 unspecified atom stereocenters. The molecule has 2 rings (SSSR count). The van der Waals surface area contributed by atoms with Gasteiger partial charge >= 0.3 is 0 Å². The van der Waals surface area contributed by atoms with E-state index in [0.29, 0.717) is 0 Å². The lowest BCUT2D eigenvalue weighted by molar-refractivity contribution is -0.136. The fourth-order valence-electron chi connectivity index (χ4n) is 2.20. The predicted octanol–water partition coefficient (Wildman–Crippen LogP) is 0.0930. The highest BCUT2D eigenvalue weighted by atomic mass is 16.4. The molecule has 0 fully saturated rings. The number of aliphatic hydroxyl groups excluding tert-OH is 5. The molecule has 2 aromatic carbocycles. The quantitative estimate of drug-likeness (QED) is 0.425. The monoisotopic (exact) mass is 362 g/mol. The summed E-state index contributed by atoms with van der Waals surface area (Å²) in [5, 5.41) is 43.5. The Bertz CT molecular complexity index is 565. The molecule has 0 spiro atoms. The molecule has 6 heteroatoms. The van der Waals surface area contributed by atoms with E-state index >= 15 is 0 Å². The largest absolute Gasteiger partial charge is 0.394 e. The SMILES string of the molecule is O=CC(O)C(O)C(O)C(O)CO.c1ccc(CCc2ccccc2)cc1. The number of carbonyl (C=O) groups excluding carboxylic acids is 1. The summed E-state index contributed by atoms with van der Waals surface area (Å²) >= 11 is 0. The van der Waals surface area contributed by atoms with Gasteiger partial charge in [-0.15, -0.1) is 0 Å². The molecule has 0 aliphatic heterocycles. The minimum absolute atomic E-state index is 0.0258. The molecule has 4 atom stereocenters. The second-order valence-corrected chi connectivity index (χ2v) is 5.83. The second-order valence-electron chi connectivity index (χ2n) is 5.83. The van der Waals surface area contributed by atoms with Gasteiger partial charge in [-0.2, -0.15) is 0 Å². The Balaban J connectivity index is 0.000000265. The van der Waals surface area contributed by atoms with Gasteiger partial charge in [-0.3, -0.25) is 0 Å². The summed E-state index contributed by atoms with van der Waals surface area (Å²) in [6.45, 7) is -0.760. The zero-order valence-electron chi connectivity index (χ0n) is 14.4. The molecule has 0 saturated heterocycles. The van der Waals surface area contributed by atoms with E-state index in [4.69, 9.17) is 25.5 Å². The van der Waals surface area contributed by atoms with E-state index in [9.17, 15) is 4.79 Å². The van der Waals surface area contributed by atoms with Gasteiger partial charge in [0.05, 0.1) is 6.61 Å². The Morgan fingerprint density at radius 3 is 1.50 bits per heavy atom. The first-order valence-electron chi connectivity index (χ1n) is 8.35. The maximum Gasteiger partial charge on any atom is 0.151 e. The van der Waals surface area contributed by atoms with Crippen molar-refractivity contribution in [1.29, 1.82) is 0 Å². The number of aliphatic hydroxyl groups is 5. The van der Waals surface area contributed by atoms with Crippen LogP contribution >= 0.6 is 0 Å². The Morgan fingerprint density at radius 1 is 0.731 bits per heavy atom. The fraction of sp³-hybridized carbons (Fsp3) is 0.350. The van der Waals surface area contributed by atoms with Crippen LogP contribution in [0.15, 0.2) is 60.7 Å². The van der Waals surface area contributed by atoms with Crippen LogP contribution in [0.4, 0.5) is 0 Å². The van der Waals surface area contributed by atoms with Gasteiger partial charge in [0.25, 0.3) is 0 Å². The number of aryl methyl sites for hydroxylation is 2. The molecule has 142 valence electrons. The molecular formula is C20H26O6. The molecular weight excluding hydrogens is 336 g/mol. The summed E-state index contributed by atoms with van der Waals surface area (Å²) in [6, 6.07) is 21.2. The van der Waals surface area contributed by atoms with Crippen molar-refractivity contribution in [2.45, 2.75) is 37.3 Å². The number of hydrogen-bond donors (Lipinski definition) is 5. The zero-order valence-corrected chi connectivity index (χ0v) is 14.4. The van der Waals surface area contributed by atoms with Gasteiger partial charge in [-0.05, 0) is 24.0 Å². The predicted molar refractivity (Wildman–Crippen MR) is 97.5 cm³/mol. The smallest absolute Gasteiger partial charge is 0.151 e. The van der Waals surface area contributed by atoms with Crippen LogP contribution in [0, 0.1) is 0 Å². The highest BCUT2D eigenvalue weighted by molar-refractivity contribution is 5.56. The summed E-state index contributed by atoms with van der Waals surface area (Å²) in [5.41, 5.74) is 2.83. The third-order valence-corrected chi connectivity index (χ3v) is 3.81. The molecule has 6 nitrogen and oxygen atoms in total. The second kappa shape index (κ2) is 12.3. The molecule has 0 saturated carbocycles. The van der Waals surface area contributed by atoms with E-state index in [1.165, 1.54) is 11.1 Å². The van der Waals surface area contributed by atoms with Crippen molar-refractivity contribution in [3.05, 3.63) is 71.8 Å². The lowest BCUT2D eigenvalue weighted by Crippen LogP contribution is -2.46. The van der Waals surface area contributed by atoms with Gasteiger partial charge in [0, 0.05) is 0 Å². The molecule has 5 N–H and O–H groups in total. The maximum absolute atomic E-state index is 9.90. The minimum Gasteiger partial charge on any atom is -0.394 e. The Kier molecular flexibility index (Phi) is 10.4. The summed E-state index contributed by atoms with van der Waals surface area (Å²) in [5.74, 6) is 0. The van der Waals surface area contributed by atoms with E-state index in [1.807, 2.05) is 0 Å². The average Bonchev–Trinajstić information content (AvgIpc) is 2.71. The summed E-state index contributed by atoms with van der Waals surface area (Å²) in [7, 11) is 0. The van der Waals surface area contributed by atoms with Gasteiger partial charge < -0.3 is 30.3 Å². The van der Waals surface area contributed by atoms with Crippen molar-refractivity contribution in [3.8, 4) is 0 Å². The third kappa shape index (κ3) is 7.86. The van der Waals surface area contributed by atoms with Crippen LogP contribution < -0.4 is 0 Å². The molecule has 2 aromatic rings. The maximum atomic E-state index is 9.90. The lowest BCUT2D eigenvalue weighted by atomic mass is 10.0. The lowest BCUT2D eigenvalue weighted by Gasteiger charge is -2.22. The van der Waals surface area contributed by atoms with Crippen LogP contribution in [0.25, 0.3) is 0 Å². The van der Waals surface area contributed by atoms with E-state index in [2.05, 4.69) is 60.7 Å². The molecule has 0 bridgehead atoms. The van der Waals surface area contributed by atoms with Crippen LogP contribution in [0.2, 0.25) is 0 Å². The van der Waals surface area contributed by atoms with Crippen molar-refractivity contribution < 1.29 is 30.3 Å². The van der Waals surface area contributed by atoms with Crippen LogP contribution in [0.3, 0.4) is 0 Å². The highest BCUT2D eigenvalue weighted by Crippen LogP contribution is 2.06. The van der Waals surface area contributed by atoms with Gasteiger partial charge in [0.1, 0.15) is 24.4 Å². The van der Waals surface area contributed by atoms with Crippen LogP contribution in [-0.4, -0.2) is 62.8 Å². The van der Waals surface area contributed by atoms with Crippen molar-refractivity contribution in [2.24, 2.45) is 0 Å². The summed E-state index contributed by atoms with van der Waals surface area (Å²) in [6.07, 6.45) is -4.58. The van der Waals surface area contributed by atoms with E-state index in [1.54, 1.807) is 0 Å².